The quantitative estimate of drug-likeness (QED) is 0.524. The summed E-state index contributed by atoms with van der Waals surface area (Å²) < 4.78 is 0. The Labute approximate surface area is 135 Å². The Bertz CT molecular complexity index is 829. The molecule has 0 aliphatic carbocycles. The first-order valence-corrected chi connectivity index (χ1v) is 6.70. The minimum Gasteiger partial charge on any atom is -0.508 e. The lowest BCUT2D eigenvalue weighted by atomic mass is 10.0. The molecule has 0 atom stereocenters. The van der Waals surface area contributed by atoms with Crippen LogP contribution in [0.25, 0.3) is 0 Å². The van der Waals surface area contributed by atoms with Gasteiger partial charge in [0.1, 0.15) is 11.5 Å². The molecule has 0 saturated carbocycles. The SMILES string of the molecule is O=C(O)Cc1cc(O)cc(C(=O)Nc2ccccc2C(=O)O)c1O. The zero-order valence-corrected chi connectivity index (χ0v) is 12.2. The normalized spacial score (nSPS) is 10.2. The molecule has 0 bridgehead atoms. The summed E-state index contributed by atoms with van der Waals surface area (Å²) in [7, 11) is 0. The van der Waals surface area contributed by atoms with Crippen molar-refractivity contribution in [1.29, 1.82) is 0 Å². The van der Waals surface area contributed by atoms with Crippen molar-refractivity contribution in [3.63, 3.8) is 0 Å². The number of hydrogen-bond donors (Lipinski definition) is 5. The van der Waals surface area contributed by atoms with Crippen LogP contribution in [0.15, 0.2) is 36.4 Å². The van der Waals surface area contributed by atoms with Crippen molar-refractivity contribution in [2.75, 3.05) is 5.32 Å². The third-order valence-electron chi connectivity index (χ3n) is 3.17. The Morgan fingerprint density at radius 3 is 2.25 bits per heavy atom. The Kier molecular flexibility index (Phi) is 4.69. The molecule has 0 aliphatic heterocycles. The monoisotopic (exact) mass is 331 g/mol. The molecule has 0 aromatic heterocycles. The Hall–Kier alpha value is -3.55. The summed E-state index contributed by atoms with van der Waals surface area (Å²) in [6, 6.07) is 7.64. The van der Waals surface area contributed by atoms with Crippen LogP contribution >= 0.6 is 0 Å². The van der Waals surface area contributed by atoms with E-state index in [0.717, 1.165) is 12.1 Å². The molecule has 0 saturated heterocycles. The van der Waals surface area contributed by atoms with Crippen LogP contribution in [0.3, 0.4) is 0 Å². The fourth-order valence-corrected chi connectivity index (χ4v) is 2.12. The maximum absolute atomic E-state index is 12.3. The van der Waals surface area contributed by atoms with E-state index >= 15 is 0 Å². The number of hydrogen-bond acceptors (Lipinski definition) is 5. The van der Waals surface area contributed by atoms with Crippen molar-refractivity contribution in [3.8, 4) is 11.5 Å². The van der Waals surface area contributed by atoms with Crippen molar-refractivity contribution < 1.29 is 34.8 Å². The number of rotatable bonds is 5. The minimum atomic E-state index is -1.25. The van der Waals surface area contributed by atoms with E-state index in [-0.39, 0.29) is 22.4 Å². The second-order valence-corrected chi connectivity index (χ2v) is 4.88. The van der Waals surface area contributed by atoms with E-state index in [4.69, 9.17) is 10.2 Å². The van der Waals surface area contributed by atoms with Gasteiger partial charge in [-0.05, 0) is 24.3 Å². The zero-order chi connectivity index (χ0) is 17.9. The molecule has 8 heteroatoms. The van der Waals surface area contributed by atoms with Crippen molar-refractivity contribution in [2.45, 2.75) is 6.42 Å². The molecule has 0 heterocycles. The lowest BCUT2D eigenvalue weighted by molar-refractivity contribution is -0.136. The second-order valence-electron chi connectivity index (χ2n) is 4.88. The van der Waals surface area contributed by atoms with Crippen LogP contribution in [0.2, 0.25) is 0 Å². The molecule has 8 nitrogen and oxygen atoms in total. The minimum absolute atomic E-state index is 0.00229. The maximum atomic E-state index is 12.3. The molecule has 0 fully saturated rings. The number of carbonyl (C=O) groups is 3. The maximum Gasteiger partial charge on any atom is 0.337 e. The first-order valence-electron chi connectivity index (χ1n) is 6.70. The topological polar surface area (TPSA) is 144 Å². The fraction of sp³-hybridized carbons (Fsp3) is 0.0625. The summed E-state index contributed by atoms with van der Waals surface area (Å²) in [5.74, 6) is -4.39. The van der Waals surface area contributed by atoms with E-state index in [2.05, 4.69) is 5.32 Å². The smallest absolute Gasteiger partial charge is 0.337 e. The fourth-order valence-electron chi connectivity index (χ4n) is 2.12. The number of aromatic carboxylic acids is 1. The zero-order valence-electron chi connectivity index (χ0n) is 12.2. The molecule has 0 aliphatic rings. The largest absolute Gasteiger partial charge is 0.508 e. The molecular weight excluding hydrogens is 318 g/mol. The Morgan fingerprint density at radius 1 is 0.958 bits per heavy atom. The van der Waals surface area contributed by atoms with Gasteiger partial charge >= 0.3 is 11.9 Å². The van der Waals surface area contributed by atoms with E-state index in [1.807, 2.05) is 0 Å². The lowest BCUT2D eigenvalue weighted by Crippen LogP contribution is -2.15. The van der Waals surface area contributed by atoms with E-state index in [1.165, 1.54) is 24.3 Å². The molecule has 1 amide bonds. The van der Waals surface area contributed by atoms with Gasteiger partial charge < -0.3 is 25.7 Å². The summed E-state index contributed by atoms with van der Waals surface area (Å²) in [5, 5.41) is 39.8. The van der Waals surface area contributed by atoms with Crippen LogP contribution < -0.4 is 5.32 Å². The van der Waals surface area contributed by atoms with Gasteiger partial charge in [-0.15, -0.1) is 0 Å². The summed E-state index contributed by atoms with van der Waals surface area (Å²) in [6.07, 6.45) is -0.591. The number of para-hydroxylation sites is 1. The number of phenolic OH excluding ortho intramolecular Hbond substituents is 2. The molecule has 24 heavy (non-hydrogen) atoms. The highest BCUT2D eigenvalue weighted by Gasteiger charge is 2.20. The molecule has 124 valence electrons. The van der Waals surface area contributed by atoms with Crippen molar-refractivity contribution in [1.82, 2.24) is 0 Å². The van der Waals surface area contributed by atoms with Crippen LogP contribution in [0.4, 0.5) is 5.69 Å². The molecule has 0 radical (unpaired) electrons. The number of anilines is 1. The van der Waals surface area contributed by atoms with Gasteiger partial charge in [-0.25, -0.2) is 4.79 Å². The highest BCUT2D eigenvalue weighted by molar-refractivity contribution is 6.09. The molecule has 2 rings (SSSR count). The number of aromatic hydroxyl groups is 2. The van der Waals surface area contributed by atoms with Gasteiger partial charge in [-0.3, -0.25) is 9.59 Å². The van der Waals surface area contributed by atoms with Gasteiger partial charge in [0.15, 0.2) is 0 Å². The van der Waals surface area contributed by atoms with E-state index < -0.39 is 35.8 Å². The molecule has 5 N–H and O–H groups in total. The van der Waals surface area contributed by atoms with Crippen LogP contribution in [-0.4, -0.2) is 38.3 Å². The lowest BCUT2D eigenvalue weighted by Gasteiger charge is -2.12. The van der Waals surface area contributed by atoms with Crippen LogP contribution in [-0.2, 0) is 11.2 Å². The van der Waals surface area contributed by atoms with E-state index in [0.29, 0.717) is 0 Å². The van der Waals surface area contributed by atoms with Crippen molar-refractivity contribution in [2.24, 2.45) is 0 Å². The highest BCUT2D eigenvalue weighted by atomic mass is 16.4. The molecule has 2 aromatic carbocycles. The Morgan fingerprint density at radius 2 is 1.62 bits per heavy atom. The van der Waals surface area contributed by atoms with Crippen LogP contribution in [0.5, 0.6) is 11.5 Å². The Balaban J connectivity index is 2.39. The first kappa shape index (κ1) is 16.8. The summed E-state index contributed by atoms with van der Waals surface area (Å²) in [4.78, 5) is 34.2. The number of aliphatic carboxylic acids is 1. The van der Waals surface area contributed by atoms with Gasteiger partial charge in [0.25, 0.3) is 5.91 Å². The number of phenols is 2. The van der Waals surface area contributed by atoms with Crippen LogP contribution in [0.1, 0.15) is 26.3 Å². The predicted molar refractivity (Wildman–Crippen MR) is 82.5 cm³/mol. The third-order valence-corrected chi connectivity index (χ3v) is 3.17. The van der Waals surface area contributed by atoms with Gasteiger partial charge in [0.2, 0.25) is 0 Å². The number of benzene rings is 2. The molecular formula is C16H13NO7. The van der Waals surface area contributed by atoms with E-state index in [1.54, 1.807) is 0 Å². The summed E-state index contributed by atoms with van der Waals surface area (Å²) in [6.45, 7) is 0. The van der Waals surface area contributed by atoms with Gasteiger partial charge in [0, 0.05) is 5.56 Å². The first-order chi connectivity index (χ1) is 11.3. The standard InChI is InChI=1S/C16H13NO7/c18-9-5-8(6-13(19)20)14(21)11(7-9)15(22)17-12-4-2-1-3-10(12)16(23)24/h1-5,7,18,21H,6H2,(H,17,22)(H,19,20)(H,23,24). The van der Waals surface area contributed by atoms with Gasteiger partial charge in [-0.1, -0.05) is 12.1 Å². The molecule has 2 aromatic rings. The van der Waals surface area contributed by atoms with E-state index in [9.17, 15) is 24.6 Å². The van der Waals surface area contributed by atoms with Gasteiger partial charge in [0.05, 0.1) is 23.2 Å². The molecule has 0 unspecified atom stereocenters. The second kappa shape index (κ2) is 6.69. The predicted octanol–water partition coefficient (Wildman–Crippen LogP) is 1.68. The van der Waals surface area contributed by atoms with Crippen molar-refractivity contribution in [3.05, 3.63) is 53.1 Å². The number of amides is 1. The van der Waals surface area contributed by atoms with Crippen molar-refractivity contribution >= 4 is 23.5 Å². The number of carbonyl (C=O) groups excluding carboxylic acids is 1. The summed E-state index contributed by atoms with van der Waals surface area (Å²) >= 11 is 0. The third kappa shape index (κ3) is 3.61. The highest BCUT2D eigenvalue weighted by Crippen LogP contribution is 2.29. The average molecular weight is 331 g/mol. The van der Waals surface area contributed by atoms with Crippen LogP contribution in [0, 0.1) is 0 Å². The van der Waals surface area contributed by atoms with Gasteiger partial charge in [-0.2, -0.15) is 0 Å². The summed E-state index contributed by atoms with van der Waals surface area (Å²) in [5.41, 5.74) is -0.667. The molecule has 0 spiro atoms. The average Bonchev–Trinajstić information content (AvgIpc) is 2.50. The number of carboxylic acid groups (broad SMARTS) is 2. The number of nitrogens with one attached hydrogen (secondary N) is 1. The number of carboxylic acids is 2.